The van der Waals surface area contributed by atoms with Crippen LogP contribution in [0.4, 0.5) is 0 Å². The van der Waals surface area contributed by atoms with E-state index >= 15 is 0 Å². The van der Waals surface area contributed by atoms with Crippen molar-refractivity contribution >= 4 is 10.9 Å². The molecule has 0 saturated heterocycles. The van der Waals surface area contributed by atoms with Crippen LogP contribution in [-0.2, 0) is 11.3 Å². The van der Waals surface area contributed by atoms with E-state index in [0.29, 0.717) is 36.8 Å². The molecule has 2 aromatic rings. The van der Waals surface area contributed by atoms with E-state index in [1.54, 1.807) is 13.2 Å². The highest BCUT2D eigenvalue weighted by Gasteiger charge is 2.15. The largest absolute Gasteiger partial charge is 0.454 e. The molecule has 6 heteroatoms. The van der Waals surface area contributed by atoms with Crippen molar-refractivity contribution < 1.29 is 14.2 Å². The van der Waals surface area contributed by atoms with Gasteiger partial charge in [0.25, 0.3) is 5.56 Å². The average Bonchev–Trinajstić information content (AvgIpc) is 2.88. The molecule has 0 radical (unpaired) electrons. The maximum Gasteiger partial charge on any atom is 0.252 e. The van der Waals surface area contributed by atoms with Crippen molar-refractivity contribution in [1.29, 1.82) is 0 Å². The van der Waals surface area contributed by atoms with Crippen LogP contribution in [0.15, 0.2) is 23.0 Å². The lowest BCUT2D eigenvalue weighted by Crippen LogP contribution is -2.23. The standard InChI is InChI=1S/C14H16N2O4/c1-18-3-2-15-7-10-4-9-5-12-13(20-8-19-12)6-11(9)16-14(10)17/h4-6,15H,2-3,7-8H2,1H3,(H,16,17). The quantitative estimate of drug-likeness (QED) is 0.797. The molecule has 0 amide bonds. The second-order valence-electron chi connectivity index (χ2n) is 4.59. The first-order valence-electron chi connectivity index (χ1n) is 6.43. The summed E-state index contributed by atoms with van der Waals surface area (Å²) >= 11 is 0. The van der Waals surface area contributed by atoms with Crippen molar-refractivity contribution in [3.8, 4) is 11.5 Å². The first-order valence-corrected chi connectivity index (χ1v) is 6.43. The third-order valence-corrected chi connectivity index (χ3v) is 3.21. The summed E-state index contributed by atoms with van der Waals surface area (Å²) in [6.45, 7) is 2.05. The Morgan fingerprint density at radius 3 is 2.90 bits per heavy atom. The van der Waals surface area contributed by atoms with Gasteiger partial charge in [0.15, 0.2) is 11.5 Å². The maximum atomic E-state index is 12.0. The molecule has 2 N–H and O–H groups in total. The summed E-state index contributed by atoms with van der Waals surface area (Å²) in [6.07, 6.45) is 0. The van der Waals surface area contributed by atoms with Crippen LogP contribution in [0.5, 0.6) is 11.5 Å². The second-order valence-corrected chi connectivity index (χ2v) is 4.59. The van der Waals surface area contributed by atoms with Gasteiger partial charge in [0.05, 0.1) is 12.1 Å². The number of fused-ring (bicyclic) bond motifs is 2. The summed E-state index contributed by atoms with van der Waals surface area (Å²) in [4.78, 5) is 14.9. The number of pyridine rings is 1. The predicted octanol–water partition coefficient (Wildman–Crippen LogP) is 0.993. The average molecular weight is 276 g/mol. The number of methoxy groups -OCH3 is 1. The molecule has 6 nitrogen and oxygen atoms in total. The van der Waals surface area contributed by atoms with Crippen LogP contribution in [0.25, 0.3) is 10.9 Å². The van der Waals surface area contributed by atoms with Crippen molar-refractivity contribution in [3.63, 3.8) is 0 Å². The molecular weight excluding hydrogens is 260 g/mol. The highest BCUT2D eigenvalue weighted by Crippen LogP contribution is 2.35. The minimum Gasteiger partial charge on any atom is -0.454 e. The third-order valence-electron chi connectivity index (χ3n) is 3.21. The van der Waals surface area contributed by atoms with Crippen LogP contribution in [0.2, 0.25) is 0 Å². The Morgan fingerprint density at radius 1 is 1.30 bits per heavy atom. The minimum absolute atomic E-state index is 0.0960. The van der Waals surface area contributed by atoms with Gasteiger partial charge >= 0.3 is 0 Å². The van der Waals surface area contributed by atoms with Crippen LogP contribution in [0.3, 0.4) is 0 Å². The second kappa shape index (κ2) is 5.52. The van der Waals surface area contributed by atoms with Gasteiger partial charge in [-0.2, -0.15) is 0 Å². The van der Waals surface area contributed by atoms with Crippen LogP contribution >= 0.6 is 0 Å². The Kier molecular flexibility index (Phi) is 3.58. The fourth-order valence-electron chi connectivity index (χ4n) is 2.17. The lowest BCUT2D eigenvalue weighted by Gasteiger charge is -2.06. The summed E-state index contributed by atoms with van der Waals surface area (Å²) in [6, 6.07) is 5.55. The molecule has 2 heterocycles. The summed E-state index contributed by atoms with van der Waals surface area (Å²) in [5.41, 5.74) is 1.34. The van der Waals surface area contributed by atoms with E-state index in [1.807, 2.05) is 12.1 Å². The number of nitrogens with one attached hydrogen (secondary N) is 2. The Morgan fingerprint density at radius 2 is 2.10 bits per heavy atom. The van der Waals surface area contributed by atoms with E-state index < -0.39 is 0 Å². The Hall–Kier alpha value is -2.05. The van der Waals surface area contributed by atoms with Crippen molar-refractivity contribution in [2.24, 2.45) is 0 Å². The van der Waals surface area contributed by atoms with Gasteiger partial charge in [-0.15, -0.1) is 0 Å². The van der Waals surface area contributed by atoms with Gasteiger partial charge in [0, 0.05) is 37.2 Å². The molecule has 20 heavy (non-hydrogen) atoms. The molecule has 1 aromatic carbocycles. The Labute approximate surface area is 115 Å². The predicted molar refractivity (Wildman–Crippen MR) is 74.3 cm³/mol. The van der Waals surface area contributed by atoms with Gasteiger partial charge in [-0.05, 0) is 12.1 Å². The number of hydrogen-bond donors (Lipinski definition) is 2. The normalized spacial score (nSPS) is 13.1. The molecule has 0 unspecified atom stereocenters. The molecule has 0 fully saturated rings. The van der Waals surface area contributed by atoms with E-state index in [9.17, 15) is 4.79 Å². The summed E-state index contributed by atoms with van der Waals surface area (Å²) in [7, 11) is 1.65. The molecule has 0 saturated carbocycles. The highest BCUT2D eigenvalue weighted by molar-refractivity contribution is 5.83. The van der Waals surface area contributed by atoms with Gasteiger partial charge in [-0.3, -0.25) is 4.79 Å². The number of aromatic amines is 1. The van der Waals surface area contributed by atoms with Crippen molar-refractivity contribution in [3.05, 3.63) is 34.1 Å². The molecule has 1 aliphatic heterocycles. The molecule has 106 valence electrons. The van der Waals surface area contributed by atoms with Gasteiger partial charge in [0.1, 0.15) is 0 Å². The number of hydrogen-bond acceptors (Lipinski definition) is 5. The molecular formula is C14H16N2O4. The lowest BCUT2D eigenvalue weighted by molar-refractivity contribution is 0.174. The molecule has 3 rings (SSSR count). The SMILES string of the molecule is COCCNCc1cc2cc3c(cc2[nH]c1=O)OCO3. The fraction of sp³-hybridized carbons (Fsp3) is 0.357. The summed E-state index contributed by atoms with van der Waals surface area (Å²) < 4.78 is 15.6. The van der Waals surface area contributed by atoms with Crippen molar-refractivity contribution in [2.45, 2.75) is 6.54 Å². The van der Waals surface area contributed by atoms with Crippen molar-refractivity contribution in [2.75, 3.05) is 27.1 Å². The number of ether oxygens (including phenoxy) is 3. The van der Waals surface area contributed by atoms with E-state index in [-0.39, 0.29) is 12.4 Å². The van der Waals surface area contributed by atoms with Crippen LogP contribution in [0.1, 0.15) is 5.56 Å². The molecule has 0 spiro atoms. The summed E-state index contributed by atoms with van der Waals surface area (Å²) in [5.74, 6) is 1.38. The minimum atomic E-state index is -0.0960. The number of H-pyrrole nitrogens is 1. The van der Waals surface area contributed by atoms with Crippen LogP contribution in [-0.4, -0.2) is 32.0 Å². The highest BCUT2D eigenvalue weighted by atomic mass is 16.7. The zero-order chi connectivity index (χ0) is 13.9. The molecule has 1 aliphatic rings. The molecule has 1 aromatic heterocycles. The zero-order valence-corrected chi connectivity index (χ0v) is 11.2. The number of benzene rings is 1. The Balaban J connectivity index is 1.88. The molecule has 0 atom stereocenters. The molecule has 0 bridgehead atoms. The topological polar surface area (TPSA) is 72.6 Å². The number of aromatic nitrogens is 1. The van der Waals surface area contributed by atoms with E-state index in [4.69, 9.17) is 14.2 Å². The van der Waals surface area contributed by atoms with Gasteiger partial charge in [-0.25, -0.2) is 0 Å². The third kappa shape index (κ3) is 2.48. The smallest absolute Gasteiger partial charge is 0.252 e. The van der Waals surface area contributed by atoms with Crippen LogP contribution < -0.4 is 20.3 Å². The van der Waals surface area contributed by atoms with Gasteiger partial charge in [0.2, 0.25) is 6.79 Å². The fourth-order valence-corrected chi connectivity index (χ4v) is 2.17. The van der Waals surface area contributed by atoms with Crippen LogP contribution in [0, 0.1) is 0 Å². The zero-order valence-electron chi connectivity index (χ0n) is 11.2. The van der Waals surface area contributed by atoms with E-state index in [1.165, 1.54) is 0 Å². The first kappa shape index (κ1) is 13.0. The van der Waals surface area contributed by atoms with E-state index in [0.717, 1.165) is 10.9 Å². The number of rotatable bonds is 5. The lowest BCUT2D eigenvalue weighted by atomic mass is 10.1. The monoisotopic (exact) mass is 276 g/mol. The first-order chi connectivity index (χ1) is 9.78. The summed E-state index contributed by atoms with van der Waals surface area (Å²) in [5, 5.41) is 4.09. The maximum absolute atomic E-state index is 12.0. The Bertz CT molecular complexity index is 681. The molecule has 0 aliphatic carbocycles. The van der Waals surface area contributed by atoms with Gasteiger partial charge < -0.3 is 24.5 Å². The van der Waals surface area contributed by atoms with E-state index in [2.05, 4.69) is 10.3 Å². The van der Waals surface area contributed by atoms with Crippen molar-refractivity contribution in [1.82, 2.24) is 10.3 Å². The van der Waals surface area contributed by atoms with Gasteiger partial charge in [-0.1, -0.05) is 0 Å².